The lowest BCUT2D eigenvalue weighted by molar-refractivity contribution is 0.483. The number of rotatable bonds is 7. The molecule has 0 aliphatic rings. The average molecular weight is 577 g/mol. The molecule has 0 aliphatic heterocycles. The van der Waals surface area contributed by atoms with Crippen molar-refractivity contribution in [3.8, 4) is 34.1 Å². The number of hydrogen-bond acceptors (Lipinski definition) is 3. The van der Waals surface area contributed by atoms with Crippen LogP contribution in [-0.2, 0) is 0 Å². The topological polar surface area (TPSA) is 44.9 Å². The Bertz CT molecular complexity index is 2140. The van der Waals surface area contributed by atoms with Crippen molar-refractivity contribution < 1.29 is 4.74 Å². The summed E-state index contributed by atoms with van der Waals surface area (Å²) < 4.78 is 10.8. The van der Waals surface area contributed by atoms with Crippen LogP contribution >= 0.6 is 0 Å². The Labute approximate surface area is 258 Å². The van der Waals surface area contributed by atoms with E-state index in [1.807, 2.05) is 35.1 Å². The minimum atomic E-state index is 0.496. The molecule has 7 aromatic rings. The third-order valence-electron chi connectivity index (χ3n) is 8.72. The summed E-state index contributed by atoms with van der Waals surface area (Å²) in [4.78, 5) is 4.77. The van der Waals surface area contributed by atoms with Gasteiger partial charge in [-0.1, -0.05) is 56.3 Å². The predicted octanol–water partition coefficient (Wildman–Crippen LogP) is 10.3. The maximum Gasteiger partial charge on any atom is 0.137 e. The van der Waals surface area contributed by atoms with E-state index in [4.69, 9.17) is 14.8 Å². The van der Waals surface area contributed by atoms with Crippen molar-refractivity contribution in [3.63, 3.8) is 0 Å². The highest BCUT2D eigenvalue weighted by Gasteiger charge is 2.18. The summed E-state index contributed by atoms with van der Waals surface area (Å²) in [6.45, 7) is 10.8. The summed E-state index contributed by atoms with van der Waals surface area (Å²) in [6.07, 6.45) is 2.98. The molecule has 0 saturated carbocycles. The van der Waals surface area contributed by atoms with Crippen LogP contribution in [0.15, 0.2) is 109 Å². The molecule has 218 valence electrons. The zero-order valence-corrected chi connectivity index (χ0v) is 25.9. The summed E-state index contributed by atoms with van der Waals surface area (Å²) in [5.41, 5.74) is 10.1. The lowest BCUT2D eigenvalue weighted by Gasteiger charge is -2.11. The summed E-state index contributed by atoms with van der Waals surface area (Å²) in [6, 6.07) is 36.0. The molecule has 5 nitrogen and oxygen atoms in total. The van der Waals surface area contributed by atoms with E-state index in [9.17, 15) is 0 Å². The smallest absolute Gasteiger partial charge is 0.137 e. The number of nitrogens with zero attached hydrogens (tertiary/aromatic N) is 4. The van der Waals surface area contributed by atoms with Crippen molar-refractivity contribution in [1.29, 1.82) is 0 Å². The SMILES string of the molecule is CCC(C)c1ccc2c(c1)c1ccc(Oc3cccc(-n4nc(C)c(-c5ccccc5)c4C)c3)cc1n2-c1cc(C)ccn1. The molecule has 1 atom stereocenters. The van der Waals surface area contributed by atoms with Crippen LogP contribution in [0.4, 0.5) is 0 Å². The van der Waals surface area contributed by atoms with Gasteiger partial charge in [-0.3, -0.25) is 4.57 Å². The van der Waals surface area contributed by atoms with Crippen LogP contribution in [0.5, 0.6) is 11.5 Å². The molecular formula is C39H36N4O. The van der Waals surface area contributed by atoms with Gasteiger partial charge in [-0.15, -0.1) is 0 Å². The quantitative estimate of drug-likeness (QED) is 0.190. The minimum absolute atomic E-state index is 0.496. The van der Waals surface area contributed by atoms with Crippen molar-refractivity contribution in [2.24, 2.45) is 0 Å². The van der Waals surface area contributed by atoms with Crippen LogP contribution in [-0.4, -0.2) is 19.3 Å². The first-order valence-electron chi connectivity index (χ1n) is 15.3. The number of hydrogen-bond donors (Lipinski definition) is 0. The van der Waals surface area contributed by atoms with E-state index < -0.39 is 0 Å². The first-order valence-corrected chi connectivity index (χ1v) is 15.3. The fraction of sp³-hybridized carbons (Fsp3) is 0.179. The van der Waals surface area contributed by atoms with E-state index in [0.717, 1.165) is 57.4 Å². The van der Waals surface area contributed by atoms with Crippen LogP contribution < -0.4 is 4.74 Å². The minimum Gasteiger partial charge on any atom is -0.457 e. The van der Waals surface area contributed by atoms with Crippen LogP contribution in [0, 0.1) is 20.8 Å². The van der Waals surface area contributed by atoms with Crippen LogP contribution in [0.3, 0.4) is 0 Å². The standard InChI is InChI=1S/C39H36N4O/c1-6-26(3)30-15-18-36-35(22-30)34-17-16-33(24-37(34)42(36)38-21-25(2)19-20-40-38)44-32-14-10-13-31(23-32)43-28(5)39(27(4)41-43)29-11-8-7-9-12-29/h7-24,26H,6H2,1-5H3. The third kappa shape index (κ3) is 4.84. The molecule has 0 spiro atoms. The highest BCUT2D eigenvalue weighted by Crippen LogP contribution is 2.37. The Balaban J connectivity index is 1.30. The number of aryl methyl sites for hydroxylation is 2. The predicted molar refractivity (Wildman–Crippen MR) is 181 cm³/mol. The lowest BCUT2D eigenvalue weighted by atomic mass is 9.97. The van der Waals surface area contributed by atoms with Crippen molar-refractivity contribution >= 4 is 21.8 Å². The fourth-order valence-corrected chi connectivity index (χ4v) is 6.24. The third-order valence-corrected chi connectivity index (χ3v) is 8.72. The molecule has 0 saturated heterocycles. The molecule has 7 rings (SSSR count). The van der Waals surface area contributed by atoms with Gasteiger partial charge in [0, 0.05) is 40.4 Å². The van der Waals surface area contributed by atoms with E-state index >= 15 is 0 Å². The number of benzene rings is 4. The molecule has 0 bridgehead atoms. The molecule has 4 aromatic carbocycles. The normalized spacial score (nSPS) is 12.2. The highest BCUT2D eigenvalue weighted by atomic mass is 16.5. The average Bonchev–Trinajstić information content (AvgIpc) is 3.53. The second-order valence-corrected chi connectivity index (χ2v) is 11.7. The summed E-state index contributed by atoms with van der Waals surface area (Å²) in [5.74, 6) is 2.92. The molecule has 1 unspecified atom stereocenters. The first kappa shape index (κ1) is 27.7. The molecule has 5 heteroatoms. The van der Waals surface area contributed by atoms with Gasteiger partial charge in [-0.25, -0.2) is 9.67 Å². The van der Waals surface area contributed by atoms with Gasteiger partial charge in [0.2, 0.25) is 0 Å². The van der Waals surface area contributed by atoms with Gasteiger partial charge in [0.25, 0.3) is 0 Å². The van der Waals surface area contributed by atoms with Crippen molar-refractivity contribution in [1.82, 2.24) is 19.3 Å². The van der Waals surface area contributed by atoms with Gasteiger partial charge in [0.05, 0.1) is 22.4 Å². The first-order chi connectivity index (χ1) is 21.4. The molecule has 0 aliphatic carbocycles. The Kier molecular flexibility index (Phi) is 7.01. The molecule has 3 aromatic heterocycles. The monoisotopic (exact) mass is 576 g/mol. The summed E-state index contributed by atoms with van der Waals surface area (Å²) in [5, 5.41) is 7.31. The number of fused-ring (bicyclic) bond motifs is 3. The van der Waals surface area contributed by atoms with Gasteiger partial charge in [0.15, 0.2) is 0 Å². The number of pyridine rings is 1. The molecular weight excluding hydrogens is 540 g/mol. The van der Waals surface area contributed by atoms with Gasteiger partial charge in [-0.2, -0.15) is 5.10 Å². The molecule has 0 N–H and O–H groups in total. The molecule has 3 heterocycles. The second-order valence-electron chi connectivity index (χ2n) is 11.7. The van der Waals surface area contributed by atoms with E-state index in [0.29, 0.717) is 5.92 Å². The maximum atomic E-state index is 6.53. The Morgan fingerprint density at radius 2 is 1.57 bits per heavy atom. The fourth-order valence-electron chi connectivity index (χ4n) is 6.24. The van der Waals surface area contributed by atoms with Crippen LogP contribution in [0.25, 0.3) is 44.4 Å². The van der Waals surface area contributed by atoms with E-state index in [-0.39, 0.29) is 0 Å². The second kappa shape index (κ2) is 11.2. The van der Waals surface area contributed by atoms with Crippen molar-refractivity contribution in [3.05, 3.63) is 132 Å². The summed E-state index contributed by atoms with van der Waals surface area (Å²) in [7, 11) is 0. The zero-order valence-electron chi connectivity index (χ0n) is 25.9. The summed E-state index contributed by atoms with van der Waals surface area (Å²) >= 11 is 0. The van der Waals surface area contributed by atoms with Gasteiger partial charge < -0.3 is 4.74 Å². The Hall–Kier alpha value is -5.16. The molecule has 0 amide bonds. The Morgan fingerprint density at radius 1 is 0.750 bits per heavy atom. The zero-order chi connectivity index (χ0) is 30.4. The number of ether oxygens (including phenoxy) is 1. The largest absolute Gasteiger partial charge is 0.457 e. The van der Waals surface area contributed by atoms with E-state index in [1.54, 1.807) is 0 Å². The van der Waals surface area contributed by atoms with Crippen LogP contribution in [0.2, 0.25) is 0 Å². The van der Waals surface area contributed by atoms with E-state index in [1.165, 1.54) is 27.5 Å². The lowest BCUT2D eigenvalue weighted by Crippen LogP contribution is -2.00. The Morgan fingerprint density at radius 3 is 2.36 bits per heavy atom. The van der Waals surface area contributed by atoms with Crippen molar-refractivity contribution in [2.75, 3.05) is 0 Å². The van der Waals surface area contributed by atoms with Gasteiger partial charge >= 0.3 is 0 Å². The number of aromatic nitrogens is 4. The van der Waals surface area contributed by atoms with Crippen LogP contribution in [0.1, 0.15) is 48.7 Å². The highest BCUT2D eigenvalue weighted by molar-refractivity contribution is 6.09. The molecule has 0 radical (unpaired) electrons. The molecule has 0 fully saturated rings. The molecule has 44 heavy (non-hydrogen) atoms. The van der Waals surface area contributed by atoms with Gasteiger partial charge in [0.1, 0.15) is 17.3 Å². The van der Waals surface area contributed by atoms with Crippen molar-refractivity contribution in [2.45, 2.75) is 47.0 Å². The maximum absolute atomic E-state index is 6.53. The van der Waals surface area contributed by atoms with Gasteiger partial charge in [-0.05, 0) is 98.3 Å². The van der Waals surface area contributed by atoms with E-state index in [2.05, 4.69) is 118 Å².